The first-order chi connectivity index (χ1) is 15.0. The van der Waals surface area contributed by atoms with Gasteiger partial charge in [0.1, 0.15) is 0 Å². The highest BCUT2D eigenvalue weighted by atomic mass is 16.1. The highest BCUT2D eigenvalue weighted by molar-refractivity contribution is 5.86. The van der Waals surface area contributed by atoms with Crippen molar-refractivity contribution < 1.29 is 0 Å². The van der Waals surface area contributed by atoms with Crippen LogP contribution in [-0.2, 0) is 6.54 Å². The Morgan fingerprint density at radius 1 is 1.00 bits per heavy atom. The fourth-order valence-electron chi connectivity index (χ4n) is 4.24. The van der Waals surface area contributed by atoms with Crippen LogP contribution in [0.5, 0.6) is 0 Å². The van der Waals surface area contributed by atoms with E-state index in [1.54, 1.807) is 0 Å². The summed E-state index contributed by atoms with van der Waals surface area (Å²) in [4.78, 5) is 20.9. The number of hydrogen-bond donors (Lipinski definition) is 2. The summed E-state index contributed by atoms with van der Waals surface area (Å²) in [6, 6.07) is 18.6. The van der Waals surface area contributed by atoms with Crippen molar-refractivity contribution in [1.29, 1.82) is 0 Å². The fraction of sp³-hybridized carbons (Fsp3) is 0.280. The van der Waals surface area contributed by atoms with Crippen molar-refractivity contribution in [2.45, 2.75) is 13.5 Å². The van der Waals surface area contributed by atoms with Crippen LogP contribution in [0, 0.1) is 6.92 Å². The standard InChI is InChI=1S/C25H27N5O/c1-17-4-3-5-19(12-17)23-15-21(25(31)28-27-23)24-14-20-7-6-18(13-22(20)26-24)16-30-10-8-29(2)9-11-30/h3-7,12-15,26H,8-11,16H2,1-2H3,(H,28,31). The van der Waals surface area contributed by atoms with Gasteiger partial charge in [-0.15, -0.1) is 0 Å². The van der Waals surface area contributed by atoms with Crippen LogP contribution in [0.1, 0.15) is 11.1 Å². The molecule has 1 aliphatic rings. The minimum absolute atomic E-state index is 0.194. The quantitative estimate of drug-likeness (QED) is 0.536. The molecular formula is C25H27N5O. The molecule has 31 heavy (non-hydrogen) atoms. The SMILES string of the molecule is Cc1cccc(-c2cc(-c3cc4ccc(CN5CCN(C)CC5)cc4[nH]3)c(=O)[nH]n2)c1. The number of hydrogen-bond acceptors (Lipinski definition) is 4. The smallest absolute Gasteiger partial charge is 0.273 e. The number of likely N-dealkylation sites (N-methyl/N-ethyl adjacent to an activating group) is 1. The van der Waals surface area contributed by atoms with Crippen LogP contribution in [0.3, 0.4) is 0 Å². The first kappa shape index (κ1) is 19.7. The maximum Gasteiger partial charge on any atom is 0.273 e. The predicted molar refractivity (Wildman–Crippen MR) is 125 cm³/mol. The number of aromatic amines is 2. The number of rotatable bonds is 4. The van der Waals surface area contributed by atoms with Gasteiger partial charge in [-0.2, -0.15) is 5.10 Å². The third kappa shape index (κ3) is 4.17. The Hall–Kier alpha value is -3.22. The van der Waals surface area contributed by atoms with Gasteiger partial charge in [-0.1, -0.05) is 35.9 Å². The summed E-state index contributed by atoms with van der Waals surface area (Å²) in [5, 5.41) is 8.02. The number of benzene rings is 2. The molecule has 158 valence electrons. The molecule has 5 rings (SSSR count). The molecule has 4 aromatic rings. The Balaban J connectivity index is 1.45. The van der Waals surface area contributed by atoms with Crippen molar-refractivity contribution in [2.75, 3.05) is 33.2 Å². The van der Waals surface area contributed by atoms with Gasteiger partial charge in [-0.05, 0) is 43.8 Å². The molecule has 0 radical (unpaired) electrons. The molecular weight excluding hydrogens is 386 g/mol. The van der Waals surface area contributed by atoms with Gasteiger partial charge in [0.25, 0.3) is 5.56 Å². The van der Waals surface area contributed by atoms with Gasteiger partial charge in [-0.25, -0.2) is 5.10 Å². The van der Waals surface area contributed by atoms with Gasteiger partial charge in [-0.3, -0.25) is 9.69 Å². The summed E-state index contributed by atoms with van der Waals surface area (Å²) in [5.41, 5.74) is 6.46. The highest BCUT2D eigenvalue weighted by Gasteiger charge is 2.15. The summed E-state index contributed by atoms with van der Waals surface area (Å²) >= 11 is 0. The van der Waals surface area contributed by atoms with Crippen LogP contribution in [0.15, 0.2) is 59.4 Å². The summed E-state index contributed by atoms with van der Waals surface area (Å²) in [7, 11) is 2.18. The average molecular weight is 414 g/mol. The van der Waals surface area contributed by atoms with Crippen molar-refractivity contribution in [3.05, 3.63) is 76.1 Å². The zero-order chi connectivity index (χ0) is 21.4. The Bertz CT molecular complexity index is 1280. The number of fused-ring (bicyclic) bond motifs is 1. The molecule has 1 aliphatic heterocycles. The zero-order valence-corrected chi connectivity index (χ0v) is 18.0. The van der Waals surface area contributed by atoms with E-state index in [-0.39, 0.29) is 5.56 Å². The van der Waals surface area contributed by atoms with Crippen molar-refractivity contribution in [3.63, 3.8) is 0 Å². The lowest BCUT2D eigenvalue weighted by Crippen LogP contribution is -2.43. The molecule has 3 heterocycles. The van der Waals surface area contributed by atoms with Crippen LogP contribution in [0.2, 0.25) is 0 Å². The van der Waals surface area contributed by atoms with E-state index in [2.05, 4.69) is 56.3 Å². The van der Waals surface area contributed by atoms with E-state index in [9.17, 15) is 4.79 Å². The molecule has 0 atom stereocenters. The van der Waals surface area contributed by atoms with E-state index >= 15 is 0 Å². The second kappa shape index (κ2) is 8.13. The molecule has 6 nitrogen and oxygen atoms in total. The lowest BCUT2D eigenvalue weighted by molar-refractivity contribution is 0.148. The molecule has 0 saturated carbocycles. The molecule has 0 amide bonds. The maximum atomic E-state index is 12.6. The van der Waals surface area contributed by atoms with E-state index in [0.717, 1.165) is 66.1 Å². The molecule has 0 bridgehead atoms. The van der Waals surface area contributed by atoms with Gasteiger partial charge in [0.15, 0.2) is 0 Å². The first-order valence-corrected chi connectivity index (χ1v) is 10.7. The minimum atomic E-state index is -0.194. The maximum absolute atomic E-state index is 12.6. The van der Waals surface area contributed by atoms with E-state index in [4.69, 9.17) is 0 Å². The summed E-state index contributed by atoms with van der Waals surface area (Å²) < 4.78 is 0. The van der Waals surface area contributed by atoms with Gasteiger partial charge in [0, 0.05) is 49.2 Å². The number of aryl methyl sites for hydroxylation is 1. The molecule has 0 aliphatic carbocycles. The van der Waals surface area contributed by atoms with Crippen LogP contribution >= 0.6 is 0 Å². The van der Waals surface area contributed by atoms with Gasteiger partial charge in [0.2, 0.25) is 0 Å². The first-order valence-electron chi connectivity index (χ1n) is 10.7. The largest absolute Gasteiger partial charge is 0.354 e. The lowest BCUT2D eigenvalue weighted by Gasteiger charge is -2.32. The number of H-pyrrole nitrogens is 2. The van der Waals surface area contributed by atoms with E-state index in [0.29, 0.717) is 5.56 Å². The summed E-state index contributed by atoms with van der Waals surface area (Å²) in [5.74, 6) is 0. The van der Waals surface area contributed by atoms with Gasteiger partial charge >= 0.3 is 0 Å². The molecule has 0 unspecified atom stereocenters. The van der Waals surface area contributed by atoms with E-state index < -0.39 is 0 Å². The normalized spacial score (nSPS) is 15.5. The number of aromatic nitrogens is 3. The highest BCUT2D eigenvalue weighted by Crippen LogP contribution is 2.26. The Kier molecular flexibility index (Phi) is 5.18. The molecule has 1 fully saturated rings. The molecule has 2 N–H and O–H groups in total. The van der Waals surface area contributed by atoms with E-state index in [1.165, 1.54) is 5.56 Å². The van der Waals surface area contributed by atoms with Crippen molar-refractivity contribution in [3.8, 4) is 22.5 Å². The molecule has 1 saturated heterocycles. The second-order valence-corrected chi connectivity index (χ2v) is 8.55. The van der Waals surface area contributed by atoms with Gasteiger partial charge in [0.05, 0.1) is 17.0 Å². The van der Waals surface area contributed by atoms with Crippen molar-refractivity contribution in [2.24, 2.45) is 0 Å². The van der Waals surface area contributed by atoms with Crippen LogP contribution < -0.4 is 5.56 Å². The third-order valence-corrected chi connectivity index (χ3v) is 6.10. The Morgan fingerprint density at radius 2 is 1.84 bits per heavy atom. The molecule has 6 heteroatoms. The number of nitrogens with one attached hydrogen (secondary N) is 2. The predicted octanol–water partition coefficient (Wildman–Crippen LogP) is 3.64. The van der Waals surface area contributed by atoms with Crippen LogP contribution in [0.25, 0.3) is 33.4 Å². The topological polar surface area (TPSA) is 68.0 Å². The van der Waals surface area contributed by atoms with Crippen molar-refractivity contribution >= 4 is 10.9 Å². The van der Waals surface area contributed by atoms with Crippen molar-refractivity contribution in [1.82, 2.24) is 25.0 Å². The minimum Gasteiger partial charge on any atom is -0.354 e. The summed E-state index contributed by atoms with van der Waals surface area (Å²) in [6.45, 7) is 7.42. The number of piperazine rings is 1. The van der Waals surface area contributed by atoms with E-state index in [1.807, 2.05) is 37.3 Å². The average Bonchev–Trinajstić information content (AvgIpc) is 3.19. The van der Waals surface area contributed by atoms with Crippen LogP contribution in [0.4, 0.5) is 0 Å². The lowest BCUT2D eigenvalue weighted by atomic mass is 10.1. The molecule has 2 aromatic heterocycles. The van der Waals surface area contributed by atoms with Gasteiger partial charge < -0.3 is 9.88 Å². The Morgan fingerprint density at radius 3 is 2.65 bits per heavy atom. The second-order valence-electron chi connectivity index (χ2n) is 8.55. The monoisotopic (exact) mass is 413 g/mol. The molecule has 0 spiro atoms. The van der Waals surface area contributed by atoms with Crippen LogP contribution in [-0.4, -0.2) is 58.2 Å². The fourth-order valence-corrected chi connectivity index (χ4v) is 4.24. The molecule has 2 aromatic carbocycles. The Labute approximate surface area is 181 Å². The summed E-state index contributed by atoms with van der Waals surface area (Å²) in [6.07, 6.45) is 0. The number of nitrogens with zero attached hydrogens (tertiary/aromatic N) is 3. The third-order valence-electron chi connectivity index (χ3n) is 6.10. The zero-order valence-electron chi connectivity index (χ0n) is 18.0.